The molecule has 1 atom stereocenters. The fourth-order valence-corrected chi connectivity index (χ4v) is 5.17. The minimum atomic E-state index is -0.157. The summed E-state index contributed by atoms with van der Waals surface area (Å²) in [5.74, 6) is 0.383. The third-order valence-corrected chi connectivity index (χ3v) is 6.68. The molecule has 4 rings (SSSR count). The van der Waals surface area contributed by atoms with E-state index in [1.54, 1.807) is 12.3 Å². The SMILES string of the molecule is Cc1ccnc(N2CCC[C@]3(CCN([C@H]4CC[C@@H](O)CC4)C3)C2)c1F. The molecule has 3 fully saturated rings. The minimum absolute atomic E-state index is 0.0895. The highest BCUT2D eigenvalue weighted by atomic mass is 19.1. The Bertz CT molecular complexity index is 617. The number of hydrogen-bond donors (Lipinski definition) is 1. The monoisotopic (exact) mass is 347 g/mol. The van der Waals surface area contributed by atoms with Gasteiger partial charge in [-0.05, 0) is 70.0 Å². The highest BCUT2D eigenvalue weighted by Gasteiger charge is 2.44. The maximum absolute atomic E-state index is 14.5. The Balaban J connectivity index is 1.45. The van der Waals surface area contributed by atoms with Crippen molar-refractivity contribution in [2.24, 2.45) is 5.41 Å². The number of aryl methyl sites for hydroxylation is 1. The summed E-state index contributed by atoms with van der Waals surface area (Å²) < 4.78 is 14.5. The molecule has 3 aliphatic rings. The number of aliphatic hydroxyl groups excluding tert-OH is 1. The lowest BCUT2D eigenvalue weighted by molar-refractivity contribution is 0.0770. The van der Waals surface area contributed by atoms with Crippen molar-refractivity contribution < 1.29 is 9.50 Å². The Labute approximate surface area is 150 Å². The summed E-state index contributed by atoms with van der Waals surface area (Å²) in [6.45, 7) is 5.92. The number of piperidine rings is 1. The van der Waals surface area contributed by atoms with Crippen LogP contribution in [0.25, 0.3) is 0 Å². The van der Waals surface area contributed by atoms with Gasteiger partial charge in [-0.3, -0.25) is 4.90 Å². The standard InChI is InChI=1S/C20H30FN3O/c1-15-7-10-22-19(18(15)21)24-11-2-8-20(14-24)9-12-23(13-20)16-3-5-17(25)6-4-16/h7,10,16-17,25H,2-6,8-9,11-14H2,1H3/t16-,17+,20-/m1/s1. The zero-order valence-corrected chi connectivity index (χ0v) is 15.3. The van der Waals surface area contributed by atoms with Crippen LogP contribution in [0, 0.1) is 18.2 Å². The van der Waals surface area contributed by atoms with E-state index < -0.39 is 0 Å². The zero-order chi connectivity index (χ0) is 17.4. The van der Waals surface area contributed by atoms with Crippen LogP contribution in [0.5, 0.6) is 0 Å². The molecular weight excluding hydrogens is 317 g/mol. The molecule has 2 aliphatic heterocycles. The average molecular weight is 347 g/mol. The van der Waals surface area contributed by atoms with E-state index in [0.29, 0.717) is 17.4 Å². The van der Waals surface area contributed by atoms with E-state index in [2.05, 4.69) is 14.8 Å². The van der Waals surface area contributed by atoms with Gasteiger partial charge in [0.15, 0.2) is 11.6 Å². The largest absolute Gasteiger partial charge is 0.393 e. The number of halogens is 1. The van der Waals surface area contributed by atoms with Crippen LogP contribution in [0.1, 0.15) is 50.5 Å². The van der Waals surface area contributed by atoms with Gasteiger partial charge in [0, 0.05) is 37.3 Å². The second kappa shape index (κ2) is 6.84. The molecule has 138 valence electrons. The molecular formula is C20H30FN3O. The molecule has 0 aromatic carbocycles. The van der Waals surface area contributed by atoms with Gasteiger partial charge in [0.2, 0.25) is 0 Å². The summed E-state index contributed by atoms with van der Waals surface area (Å²) >= 11 is 0. The van der Waals surface area contributed by atoms with E-state index in [9.17, 15) is 9.50 Å². The van der Waals surface area contributed by atoms with E-state index in [0.717, 1.165) is 58.3 Å². The number of anilines is 1. The minimum Gasteiger partial charge on any atom is -0.393 e. The van der Waals surface area contributed by atoms with Crippen molar-refractivity contribution in [3.63, 3.8) is 0 Å². The van der Waals surface area contributed by atoms with Gasteiger partial charge in [0.05, 0.1) is 6.10 Å². The first kappa shape index (κ1) is 17.2. The summed E-state index contributed by atoms with van der Waals surface area (Å²) in [5, 5.41) is 9.75. The lowest BCUT2D eigenvalue weighted by Gasteiger charge is -2.42. The molecule has 0 unspecified atom stereocenters. The predicted octanol–water partition coefficient (Wildman–Crippen LogP) is 3.12. The summed E-state index contributed by atoms with van der Waals surface area (Å²) in [6.07, 6.45) is 9.32. The first-order valence-corrected chi connectivity index (χ1v) is 9.84. The normalized spacial score (nSPS) is 34.0. The van der Waals surface area contributed by atoms with Crippen LogP contribution >= 0.6 is 0 Å². The molecule has 0 radical (unpaired) electrons. The summed E-state index contributed by atoms with van der Waals surface area (Å²) in [6, 6.07) is 2.37. The van der Waals surface area contributed by atoms with Gasteiger partial charge in [-0.15, -0.1) is 0 Å². The van der Waals surface area contributed by atoms with Crippen LogP contribution in [0.15, 0.2) is 12.3 Å². The van der Waals surface area contributed by atoms with Crippen LogP contribution in [-0.4, -0.2) is 53.3 Å². The fraction of sp³-hybridized carbons (Fsp3) is 0.750. The maximum Gasteiger partial charge on any atom is 0.168 e. The second-order valence-corrected chi connectivity index (χ2v) is 8.47. The van der Waals surface area contributed by atoms with Crippen molar-refractivity contribution >= 4 is 5.82 Å². The number of rotatable bonds is 2. The van der Waals surface area contributed by atoms with Crippen molar-refractivity contribution in [3.8, 4) is 0 Å². The quantitative estimate of drug-likeness (QED) is 0.892. The van der Waals surface area contributed by atoms with Crippen LogP contribution in [0.2, 0.25) is 0 Å². The van der Waals surface area contributed by atoms with Crippen LogP contribution < -0.4 is 4.90 Å². The molecule has 3 heterocycles. The Morgan fingerprint density at radius 3 is 2.76 bits per heavy atom. The van der Waals surface area contributed by atoms with E-state index in [-0.39, 0.29) is 17.3 Å². The molecule has 4 nitrogen and oxygen atoms in total. The number of aromatic nitrogens is 1. The lowest BCUT2D eigenvalue weighted by atomic mass is 9.79. The van der Waals surface area contributed by atoms with Gasteiger partial charge in [0.25, 0.3) is 0 Å². The van der Waals surface area contributed by atoms with Crippen LogP contribution in [0.3, 0.4) is 0 Å². The van der Waals surface area contributed by atoms with Gasteiger partial charge >= 0.3 is 0 Å². The van der Waals surface area contributed by atoms with Crippen molar-refractivity contribution in [1.29, 1.82) is 0 Å². The van der Waals surface area contributed by atoms with Gasteiger partial charge in [-0.2, -0.15) is 0 Å². The maximum atomic E-state index is 14.5. The Hall–Kier alpha value is -1.20. The first-order chi connectivity index (χ1) is 12.1. The molecule has 1 aromatic heterocycles. The van der Waals surface area contributed by atoms with Crippen molar-refractivity contribution in [1.82, 2.24) is 9.88 Å². The topological polar surface area (TPSA) is 39.6 Å². The van der Waals surface area contributed by atoms with Crippen molar-refractivity contribution in [3.05, 3.63) is 23.6 Å². The van der Waals surface area contributed by atoms with Crippen LogP contribution in [0.4, 0.5) is 10.2 Å². The van der Waals surface area contributed by atoms with Crippen molar-refractivity contribution in [2.45, 2.75) is 64.0 Å². The smallest absolute Gasteiger partial charge is 0.168 e. The third kappa shape index (κ3) is 3.41. The number of hydrogen-bond acceptors (Lipinski definition) is 4. The Morgan fingerprint density at radius 1 is 1.16 bits per heavy atom. The number of aliphatic hydroxyl groups is 1. The van der Waals surface area contributed by atoms with E-state index >= 15 is 0 Å². The Morgan fingerprint density at radius 2 is 1.96 bits per heavy atom. The molecule has 1 aromatic rings. The third-order valence-electron chi connectivity index (χ3n) is 6.68. The second-order valence-electron chi connectivity index (χ2n) is 8.47. The number of pyridine rings is 1. The zero-order valence-electron chi connectivity index (χ0n) is 15.3. The van der Waals surface area contributed by atoms with Gasteiger partial charge < -0.3 is 10.0 Å². The van der Waals surface area contributed by atoms with E-state index in [1.165, 1.54) is 12.8 Å². The highest BCUT2D eigenvalue weighted by molar-refractivity contribution is 5.43. The van der Waals surface area contributed by atoms with Crippen LogP contribution in [-0.2, 0) is 0 Å². The fourth-order valence-electron chi connectivity index (χ4n) is 5.17. The average Bonchev–Trinajstić information content (AvgIpc) is 3.01. The summed E-state index contributed by atoms with van der Waals surface area (Å²) in [4.78, 5) is 9.17. The molecule has 0 bridgehead atoms. The highest BCUT2D eigenvalue weighted by Crippen LogP contribution is 2.42. The molecule has 25 heavy (non-hydrogen) atoms. The molecule has 1 spiro atoms. The Kier molecular flexibility index (Phi) is 4.71. The van der Waals surface area contributed by atoms with Crippen molar-refractivity contribution in [2.75, 3.05) is 31.1 Å². The van der Waals surface area contributed by atoms with E-state index in [4.69, 9.17) is 0 Å². The van der Waals surface area contributed by atoms with Gasteiger partial charge in [-0.25, -0.2) is 9.37 Å². The van der Waals surface area contributed by atoms with Gasteiger partial charge in [0.1, 0.15) is 0 Å². The van der Waals surface area contributed by atoms with E-state index in [1.807, 2.05) is 6.92 Å². The van der Waals surface area contributed by atoms with Gasteiger partial charge in [-0.1, -0.05) is 0 Å². The molecule has 0 amide bonds. The summed E-state index contributed by atoms with van der Waals surface area (Å²) in [7, 11) is 0. The number of nitrogens with zero attached hydrogens (tertiary/aromatic N) is 3. The molecule has 5 heteroatoms. The molecule has 1 N–H and O–H groups in total. The predicted molar refractivity (Wildman–Crippen MR) is 97.3 cm³/mol. The molecule has 1 saturated carbocycles. The first-order valence-electron chi connectivity index (χ1n) is 9.84. The summed E-state index contributed by atoms with van der Waals surface area (Å²) in [5.41, 5.74) is 0.963. The number of likely N-dealkylation sites (tertiary alicyclic amines) is 1. The lowest BCUT2D eigenvalue weighted by Crippen LogP contribution is -2.47. The molecule has 2 saturated heterocycles. The molecule has 1 aliphatic carbocycles.